The van der Waals surface area contributed by atoms with Gasteiger partial charge in [0, 0.05) is 12.8 Å². The Morgan fingerprint density at radius 1 is 0.909 bits per heavy atom. The topological polar surface area (TPSA) is 24.7 Å². The maximum absolute atomic E-state index is 9.68. The van der Waals surface area contributed by atoms with Gasteiger partial charge in [-0.2, -0.15) is 0 Å². The minimum atomic E-state index is 0.181. The highest BCUT2D eigenvalue weighted by atomic mass is 35.5. The van der Waals surface area contributed by atoms with Crippen molar-refractivity contribution < 1.29 is 10.0 Å². The smallest absolute Gasteiger partial charge is 0.134 e. The zero-order valence-corrected chi connectivity index (χ0v) is 13.9. The summed E-state index contributed by atoms with van der Waals surface area (Å²) in [6.07, 6.45) is 3.27. The lowest BCUT2D eigenvalue weighted by atomic mass is 10.1. The van der Waals surface area contributed by atoms with E-state index in [9.17, 15) is 5.11 Å². The molecule has 1 unspecified atom stereocenters. The molecule has 0 aromatic heterocycles. The molecule has 2 rings (SSSR count). The zero-order valence-electron chi connectivity index (χ0n) is 13.2. The van der Waals surface area contributed by atoms with E-state index in [-0.39, 0.29) is 5.75 Å². The summed E-state index contributed by atoms with van der Waals surface area (Å²) in [6, 6.07) is 16.2. The highest BCUT2D eigenvalue weighted by Crippen LogP contribution is 2.23. The van der Waals surface area contributed by atoms with E-state index in [4.69, 9.17) is 11.6 Å². The van der Waals surface area contributed by atoms with Crippen molar-refractivity contribution in [3.05, 3.63) is 64.7 Å². The third-order valence-electron chi connectivity index (χ3n) is 3.99. The molecular formula is C19H25ClNO+. The Bertz CT molecular complexity index is 571. The number of quaternary nitrogens is 1. The molecule has 0 saturated heterocycles. The van der Waals surface area contributed by atoms with Crippen LogP contribution < -0.4 is 4.90 Å². The zero-order chi connectivity index (χ0) is 15.8. The molecule has 0 heterocycles. The largest absolute Gasteiger partial charge is 0.506 e. The Hall–Kier alpha value is -1.51. The van der Waals surface area contributed by atoms with E-state index in [0.717, 1.165) is 31.5 Å². The fourth-order valence-electron chi connectivity index (χ4n) is 2.73. The number of aromatic hydroxyl groups is 1. The van der Waals surface area contributed by atoms with Crippen LogP contribution in [0.4, 0.5) is 0 Å². The van der Waals surface area contributed by atoms with E-state index >= 15 is 0 Å². The van der Waals surface area contributed by atoms with Gasteiger partial charge in [-0.15, -0.1) is 0 Å². The van der Waals surface area contributed by atoms with Crippen LogP contribution >= 0.6 is 11.6 Å². The summed E-state index contributed by atoms with van der Waals surface area (Å²) in [5.41, 5.74) is 2.55. The first-order valence-electron chi connectivity index (χ1n) is 8.04. The first-order chi connectivity index (χ1) is 10.7. The van der Waals surface area contributed by atoms with Crippen molar-refractivity contribution in [1.29, 1.82) is 0 Å². The number of phenols is 1. The fourth-order valence-corrected chi connectivity index (χ4v) is 2.85. The summed E-state index contributed by atoms with van der Waals surface area (Å²) in [5.74, 6) is 0.181. The third-order valence-corrected chi connectivity index (χ3v) is 4.31. The lowest BCUT2D eigenvalue weighted by Gasteiger charge is -2.19. The number of nitrogens with one attached hydrogen (secondary N) is 1. The normalized spacial score (nSPS) is 12.3. The van der Waals surface area contributed by atoms with Gasteiger partial charge >= 0.3 is 0 Å². The molecule has 0 bridgehead atoms. The number of hydrogen-bond acceptors (Lipinski definition) is 1. The quantitative estimate of drug-likeness (QED) is 0.768. The van der Waals surface area contributed by atoms with E-state index in [1.807, 2.05) is 6.07 Å². The van der Waals surface area contributed by atoms with Crippen molar-refractivity contribution in [3.8, 4) is 5.75 Å². The van der Waals surface area contributed by atoms with Gasteiger partial charge in [0.2, 0.25) is 0 Å². The molecule has 118 valence electrons. The summed E-state index contributed by atoms with van der Waals surface area (Å²) in [7, 11) is 0. The maximum atomic E-state index is 9.68. The van der Waals surface area contributed by atoms with Crippen molar-refractivity contribution >= 4 is 11.6 Å². The summed E-state index contributed by atoms with van der Waals surface area (Å²) < 4.78 is 0. The molecule has 2 nitrogen and oxygen atoms in total. The van der Waals surface area contributed by atoms with Gasteiger partial charge in [0.1, 0.15) is 5.75 Å². The summed E-state index contributed by atoms with van der Waals surface area (Å²) in [4.78, 5) is 1.61. The van der Waals surface area contributed by atoms with Gasteiger partial charge in [0.25, 0.3) is 0 Å². The lowest BCUT2D eigenvalue weighted by Crippen LogP contribution is -3.12. The van der Waals surface area contributed by atoms with Crippen molar-refractivity contribution in [2.45, 2.75) is 26.2 Å². The molecule has 0 spiro atoms. The van der Waals surface area contributed by atoms with Gasteiger partial charge in [0.15, 0.2) is 0 Å². The molecule has 2 aromatic rings. The van der Waals surface area contributed by atoms with Gasteiger partial charge in [-0.3, -0.25) is 0 Å². The summed E-state index contributed by atoms with van der Waals surface area (Å²) >= 11 is 5.86. The number of benzene rings is 2. The third kappa shape index (κ3) is 5.36. The molecule has 0 saturated carbocycles. The maximum Gasteiger partial charge on any atom is 0.134 e. The average molecular weight is 319 g/mol. The molecule has 2 aromatic carbocycles. The van der Waals surface area contributed by atoms with Crippen LogP contribution in [0.1, 0.15) is 24.5 Å². The molecule has 0 aliphatic carbocycles. The molecule has 0 aliphatic rings. The Labute approximate surface area is 138 Å². The van der Waals surface area contributed by atoms with Crippen molar-refractivity contribution in [2.24, 2.45) is 0 Å². The van der Waals surface area contributed by atoms with Crippen LogP contribution in [-0.2, 0) is 12.8 Å². The molecule has 22 heavy (non-hydrogen) atoms. The molecule has 0 fully saturated rings. The second-order valence-electron chi connectivity index (χ2n) is 5.77. The second kappa shape index (κ2) is 8.82. The number of phenolic OH excluding ortho intramolecular Hbond substituents is 1. The SMILES string of the molecule is CCC[NH+](CCc1ccccc1)CCc1ccc(Cl)c(O)c1. The first-order valence-corrected chi connectivity index (χ1v) is 8.41. The average Bonchev–Trinajstić information content (AvgIpc) is 2.54. The molecule has 2 N–H and O–H groups in total. The molecule has 3 heteroatoms. The van der Waals surface area contributed by atoms with Gasteiger partial charge in [-0.05, 0) is 29.7 Å². The Balaban J connectivity index is 1.86. The van der Waals surface area contributed by atoms with Crippen molar-refractivity contribution in [2.75, 3.05) is 19.6 Å². The van der Waals surface area contributed by atoms with Gasteiger partial charge in [0.05, 0.1) is 24.7 Å². The van der Waals surface area contributed by atoms with Crippen molar-refractivity contribution in [3.63, 3.8) is 0 Å². The van der Waals surface area contributed by atoms with E-state index in [2.05, 4.69) is 37.3 Å². The van der Waals surface area contributed by atoms with E-state index in [0.29, 0.717) is 5.02 Å². The minimum Gasteiger partial charge on any atom is -0.506 e. The number of hydrogen-bond donors (Lipinski definition) is 2. The van der Waals surface area contributed by atoms with Crippen LogP contribution in [0.3, 0.4) is 0 Å². The van der Waals surface area contributed by atoms with Crippen LogP contribution in [0, 0.1) is 0 Å². The van der Waals surface area contributed by atoms with Gasteiger partial charge in [-0.25, -0.2) is 0 Å². The van der Waals surface area contributed by atoms with Crippen LogP contribution in [0.5, 0.6) is 5.75 Å². The lowest BCUT2D eigenvalue weighted by molar-refractivity contribution is -0.899. The van der Waals surface area contributed by atoms with Crippen LogP contribution in [0.25, 0.3) is 0 Å². The standard InChI is InChI=1S/C19H24ClNO/c1-2-12-21(13-10-16-6-4-3-5-7-16)14-11-17-8-9-18(20)19(22)15-17/h3-9,15,22H,2,10-14H2,1H3/p+1. The second-order valence-corrected chi connectivity index (χ2v) is 6.18. The number of rotatable bonds is 8. The van der Waals surface area contributed by atoms with Crippen LogP contribution in [-0.4, -0.2) is 24.7 Å². The van der Waals surface area contributed by atoms with Gasteiger partial charge in [-0.1, -0.05) is 54.9 Å². The van der Waals surface area contributed by atoms with E-state index < -0.39 is 0 Å². The minimum absolute atomic E-state index is 0.181. The first kappa shape index (κ1) is 16.9. The number of halogens is 1. The van der Waals surface area contributed by atoms with Gasteiger partial charge < -0.3 is 10.0 Å². The Morgan fingerprint density at radius 2 is 1.59 bits per heavy atom. The Kier molecular flexibility index (Phi) is 6.75. The molecule has 0 amide bonds. The molecular weight excluding hydrogens is 294 g/mol. The molecule has 0 aliphatic heterocycles. The van der Waals surface area contributed by atoms with Crippen LogP contribution in [0.15, 0.2) is 48.5 Å². The van der Waals surface area contributed by atoms with Crippen LogP contribution in [0.2, 0.25) is 5.02 Å². The summed E-state index contributed by atoms with van der Waals surface area (Å²) in [6.45, 7) is 5.65. The predicted molar refractivity (Wildman–Crippen MR) is 92.8 cm³/mol. The molecule has 1 atom stereocenters. The van der Waals surface area contributed by atoms with E-state index in [1.54, 1.807) is 17.0 Å². The highest BCUT2D eigenvalue weighted by Gasteiger charge is 2.09. The highest BCUT2D eigenvalue weighted by molar-refractivity contribution is 6.31. The predicted octanol–water partition coefficient (Wildman–Crippen LogP) is 3.13. The Morgan fingerprint density at radius 3 is 2.23 bits per heavy atom. The summed E-state index contributed by atoms with van der Waals surface area (Å²) in [5, 5.41) is 10.1. The molecule has 0 radical (unpaired) electrons. The van der Waals surface area contributed by atoms with E-state index in [1.165, 1.54) is 18.5 Å². The fraction of sp³-hybridized carbons (Fsp3) is 0.368. The monoisotopic (exact) mass is 318 g/mol. The van der Waals surface area contributed by atoms with Crippen molar-refractivity contribution in [1.82, 2.24) is 0 Å².